The Hall–Kier alpha value is -1.98. The fraction of sp³-hybridized carbons (Fsp3) is 0.200. The van der Waals surface area contributed by atoms with Gasteiger partial charge in [0.1, 0.15) is 0 Å². The molecule has 0 bridgehead atoms. The molecule has 0 aliphatic carbocycles. The summed E-state index contributed by atoms with van der Waals surface area (Å²) in [6, 6.07) is 10.4. The standard InChI is InChI=1S/C15H16N4S/c1-16-15(7-14-9-17-11-20-14)12-8-18-19(10-12)13-5-3-2-4-6-13/h2-6,8-11,15-16H,7H2,1H3. The third-order valence-electron chi connectivity index (χ3n) is 3.26. The molecule has 0 aliphatic heterocycles. The van der Waals surface area contributed by atoms with E-state index in [1.807, 2.05) is 60.0 Å². The Morgan fingerprint density at radius 2 is 2.10 bits per heavy atom. The number of thiazole rings is 1. The van der Waals surface area contributed by atoms with E-state index in [0.717, 1.165) is 12.1 Å². The third-order valence-corrected chi connectivity index (χ3v) is 4.06. The molecular weight excluding hydrogens is 268 g/mol. The molecule has 20 heavy (non-hydrogen) atoms. The second-order valence-electron chi connectivity index (χ2n) is 4.57. The number of para-hydroxylation sites is 1. The molecule has 0 saturated heterocycles. The molecular formula is C15H16N4S. The van der Waals surface area contributed by atoms with E-state index < -0.39 is 0 Å². The van der Waals surface area contributed by atoms with E-state index in [1.54, 1.807) is 11.3 Å². The monoisotopic (exact) mass is 284 g/mol. The summed E-state index contributed by atoms with van der Waals surface area (Å²) in [5, 5.41) is 7.80. The summed E-state index contributed by atoms with van der Waals surface area (Å²) < 4.78 is 1.91. The van der Waals surface area contributed by atoms with Crippen molar-refractivity contribution in [1.82, 2.24) is 20.1 Å². The van der Waals surface area contributed by atoms with Crippen molar-refractivity contribution in [2.24, 2.45) is 0 Å². The summed E-state index contributed by atoms with van der Waals surface area (Å²) in [6.45, 7) is 0. The van der Waals surface area contributed by atoms with Gasteiger partial charge in [0.15, 0.2) is 0 Å². The lowest BCUT2D eigenvalue weighted by Gasteiger charge is -2.12. The van der Waals surface area contributed by atoms with Crippen molar-refractivity contribution in [3.63, 3.8) is 0 Å². The zero-order chi connectivity index (χ0) is 13.8. The maximum absolute atomic E-state index is 4.45. The van der Waals surface area contributed by atoms with Gasteiger partial charge in [0.2, 0.25) is 0 Å². The Bertz CT molecular complexity index is 646. The van der Waals surface area contributed by atoms with Gasteiger partial charge >= 0.3 is 0 Å². The van der Waals surface area contributed by atoms with E-state index in [4.69, 9.17) is 0 Å². The molecule has 3 aromatic rings. The fourth-order valence-electron chi connectivity index (χ4n) is 2.17. The minimum atomic E-state index is 0.257. The van der Waals surface area contributed by atoms with Crippen molar-refractivity contribution in [2.75, 3.05) is 7.05 Å². The van der Waals surface area contributed by atoms with Crippen molar-refractivity contribution in [2.45, 2.75) is 12.5 Å². The van der Waals surface area contributed by atoms with Crippen molar-refractivity contribution < 1.29 is 0 Å². The molecule has 0 amide bonds. The number of nitrogens with zero attached hydrogens (tertiary/aromatic N) is 3. The van der Waals surface area contributed by atoms with Crippen LogP contribution in [0.2, 0.25) is 0 Å². The quantitative estimate of drug-likeness (QED) is 0.783. The van der Waals surface area contributed by atoms with E-state index >= 15 is 0 Å². The zero-order valence-corrected chi connectivity index (χ0v) is 12.0. The van der Waals surface area contributed by atoms with Gasteiger partial charge in [-0.3, -0.25) is 4.98 Å². The molecule has 0 radical (unpaired) electrons. The summed E-state index contributed by atoms with van der Waals surface area (Å²) in [5.41, 5.74) is 4.13. The first-order chi connectivity index (χ1) is 9.86. The molecule has 5 heteroatoms. The molecule has 2 aromatic heterocycles. The lowest BCUT2D eigenvalue weighted by molar-refractivity contribution is 0.596. The Labute approximate surface area is 122 Å². The summed E-state index contributed by atoms with van der Waals surface area (Å²) in [4.78, 5) is 5.40. The SMILES string of the molecule is CNC(Cc1cncs1)c1cnn(-c2ccccc2)c1. The third kappa shape index (κ3) is 2.79. The number of hydrogen-bond acceptors (Lipinski definition) is 4. The predicted molar refractivity (Wildman–Crippen MR) is 81.2 cm³/mol. The van der Waals surface area contributed by atoms with Crippen molar-refractivity contribution in [1.29, 1.82) is 0 Å². The van der Waals surface area contributed by atoms with Crippen LogP contribution in [0.5, 0.6) is 0 Å². The van der Waals surface area contributed by atoms with E-state index in [9.17, 15) is 0 Å². The molecule has 4 nitrogen and oxygen atoms in total. The van der Waals surface area contributed by atoms with Gasteiger partial charge in [0, 0.05) is 35.3 Å². The van der Waals surface area contributed by atoms with Crippen molar-refractivity contribution >= 4 is 11.3 Å². The normalized spacial score (nSPS) is 12.4. The highest BCUT2D eigenvalue weighted by atomic mass is 32.1. The van der Waals surface area contributed by atoms with Gasteiger partial charge in [-0.15, -0.1) is 11.3 Å². The van der Waals surface area contributed by atoms with Gasteiger partial charge in [-0.05, 0) is 19.2 Å². The second kappa shape index (κ2) is 5.98. The first-order valence-electron chi connectivity index (χ1n) is 6.51. The second-order valence-corrected chi connectivity index (χ2v) is 5.54. The molecule has 1 atom stereocenters. The van der Waals surface area contributed by atoms with Crippen LogP contribution in [0, 0.1) is 0 Å². The van der Waals surface area contributed by atoms with Crippen molar-refractivity contribution in [3.8, 4) is 5.69 Å². The number of likely N-dealkylation sites (N-methyl/N-ethyl adjacent to an activating group) is 1. The number of nitrogens with one attached hydrogen (secondary N) is 1. The lowest BCUT2D eigenvalue weighted by Crippen LogP contribution is -2.17. The average Bonchev–Trinajstić information content (AvgIpc) is 3.17. The largest absolute Gasteiger partial charge is 0.313 e. The van der Waals surface area contributed by atoms with Gasteiger partial charge in [0.25, 0.3) is 0 Å². The van der Waals surface area contributed by atoms with Crippen LogP contribution in [0.15, 0.2) is 54.4 Å². The molecule has 2 heterocycles. The van der Waals surface area contributed by atoms with Crippen LogP contribution in [0.1, 0.15) is 16.5 Å². The van der Waals surface area contributed by atoms with E-state index in [0.29, 0.717) is 0 Å². The maximum Gasteiger partial charge on any atom is 0.0794 e. The van der Waals surface area contributed by atoms with Gasteiger partial charge in [-0.1, -0.05) is 18.2 Å². The lowest BCUT2D eigenvalue weighted by atomic mass is 10.1. The average molecular weight is 284 g/mol. The molecule has 102 valence electrons. The summed E-state index contributed by atoms with van der Waals surface area (Å²) in [7, 11) is 1.98. The van der Waals surface area contributed by atoms with Crippen LogP contribution in [-0.2, 0) is 6.42 Å². The Morgan fingerprint density at radius 1 is 1.25 bits per heavy atom. The Morgan fingerprint density at radius 3 is 2.80 bits per heavy atom. The smallest absolute Gasteiger partial charge is 0.0794 e. The fourth-order valence-corrected chi connectivity index (χ4v) is 2.81. The van der Waals surface area contributed by atoms with Crippen LogP contribution in [-0.4, -0.2) is 21.8 Å². The summed E-state index contributed by atoms with van der Waals surface area (Å²) in [5.74, 6) is 0. The van der Waals surface area contributed by atoms with Gasteiger partial charge < -0.3 is 5.32 Å². The van der Waals surface area contributed by atoms with Crippen LogP contribution < -0.4 is 5.32 Å². The number of benzene rings is 1. The molecule has 1 unspecified atom stereocenters. The van der Waals surface area contributed by atoms with E-state index in [1.165, 1.54) is 10.4 Å². The number of rotatable bonds is 5. The van der Waals surface area contributed by atoms with Crippen LogP contribution >= 0.6 is 11.3 Å². The minimum absolute atomic E-state index is 0.257. The highest BCUT2D eigenvalue weighted by molar-refractivity contribution is 7.09. The first-order valence-corrected chi connectivity index (χ1v) is 7.39. The van der Waals surface area contributed by atoms with Gasteiger partial charge in [-0.25, -0.2) is 4.68 Å². The van der Waals surface area contributed by atoms with Crippen LogP contribution in [0.3, 0.4) is 0 Å². The molecule has 0 spiro atoms. The molecule has 0 saturated carbocycles. The summed E-state index contributed by atoms with van der Waals surface area (Å²) >= 11 is 1.69. The molecule has 1 N–H and O–H groups in total. The van der Waals surface area contributed by atoms with Crippen LogP contribution in [0.25, 0.3) is 5.69 Å². The minimum Gasteiger partial charge on any atom is -0.313 e. The van der Waals surface area contributed by atoms with E-state index in [-0.39, 0.29) is 6.04 Å². The molecule has 0 aliphatic rings. The van der Waals surface area contributed by atoms with Crippen molar-refractivity contribution in [3.05, 3.63) is 64.9 Å². The van der Waals surface area contributed by atoms with E-state index in [2.05, 4.69) is 21.6 Å². The number of hydrogen-bond donors (Lipinski definition) is 1. The highest BCUT2D eigenvalue weighted by Gasteiger charge is 2.13. The molecule has 0 fully saturated rings. The first kappa shape index (κ1) is 13.0. The zero-order valence-electron chi connectivity index (χ0n) is 11.2. The van der Waals surface area contributed by atoms with Gasteiger partial charge in [-0.2, -0.15) is 5.10 Å². The number of aromatic nitrogens is 3. The van der Waals surface area contributed by atoms with Crippen LogP contribution in [0.4, 0.5) is 0 Å². The molecule has 1 aromatic carbocycles. The highest BCUT2D eigenvalue weighted by Crippen LogP contribution is 2.20. The maximum atomic E-state index is 4.45. The van der Waals surface area contributed by atoms with Gasteiger partial charge in [0.05, 0.1) is 17.4 Å². The topological polar surface area (TPSA) is 42.7 Å². The predicted octanol–water partition coefficient (Wildman–Crippen LogP) is 2.83. The summed E-state index contributed by atoms with van der Waals surface area (Å²) in [6.07, 6.45) is 6.87. The Balaban J connectivity index is 1.81. The Kier molecular flexibility index (Phi) is 3.90. The molecule has 3 rings (SSSR count).